The topological polar surface area (TPSA) is 127 Å². The van der Waals surface area contributed by atoms with E-state index in [9.17, 15) is 30.3 Å². The minimum atomic E-state index is -0.944. The number of rotatable bonds is 7. The van der Waals surface area contributed by atoms with Crippen molar-refractivity contribution >= 4 is 5.78 Å². The van der Waals surface area contributed by atoms with Crippen LogP contribution < -0.4 is 4.74 Å². The predicted molar refractivity (Wildman–Crippen MR) is 147 cm³/mol. The number of aliphatic hydroxyl groups excluding tert-OH is 2. The smallest absolute Gasteiger partial charge is 0.160 e. The van der Waals surface area contributed by atoms with Gasteiger partial charge in [-0.25, -0.2) is 0 Å². The van der Waals surface area contributed by atoms with Crippen molar-refractivity contribution in [2.45, 2.75) is 50.7 Å². The molecular weight excluding hydrogens is 496 g/mol. The average molecular weight is 531 g/mol. The Bertz CT molecular complexity index is 1360. The van der Waals surface area contributed by atoms with E-state index < -0.39 is 12.0 Å². The Morgan fingerprint density at radius 3 is 2.36 bits per heavy atom. The SMILES string of the molecule is COc1cc(C2CC(=O)CC(O)C(Cc3ccc(O)c(O)c3)CC#CC2Cc2ccccc2)c(CO)cc1O. The highest BCUT2D eigenvalue weighted by Crippen LogP contribution is 2.40. The molecule has 3 aromatic rings. The molecule has 0 amide bonds. The van der Waals surface area contributed by atoms with Crippen LogP contribution in [0.25, 0.3) is 0 Å². The van der Waals surface area contributed by atoms with Crippen molar-refractivity contribution in [1.29, 1.82) is 0 Å². The summed E-state index contributed by atoms with van der Waals surface area (Å²) in [5, 5.41) is 51.0. The molecule has 0 radical (unpaired) electrons. The summed E-state index contributed by atoms with van der Waals surface area (Å²) in [6.45, 7) is -0.326. The van der Waals surface area contributed by atoms with Crippen LogP contribution in [0.3, 0.4) is 0 Å². The first-order valence-electron chi connectivity index (χ1n) is 13.0. The number of carbonyl (C=O) groups is 1. The summed E-state index contributed by atoms with van der Waals surface area (Å²) < 4.78 is 5.33. The van der Waals surface area contributed by atoms with Crippen LogP contribution in [0.1, 0.15) is 47.4 Å². The molecule has 4 atom stereocenters. The summed E-state index contributed by atoms with van der Waals surface area (Å²) in [7, 11) is 1.45. The number of methoxy groups -OCH3 is 1. The fraction of sp³-hybridized carbons (Fsp3) is 0.344. The monoisotopic (exact) mass is 530 g/mol. The maximum atomic E-state index is 13.4. The van der Waals surface area contributed by atoms with Gasteiger partial charge in [-0.05, 0) is 59.4 Å². The summed E-state index contributed by atoms with van der Waals surface area (Å²) in [6, 6.07) is 17.5. The first-order chi connectivity index (χ1) is 18.8. The van der Waals surface area contributed by atoms with Gasteiger partial charge in [0.1, 0.15) is 5.78 Å². The first-order valence-corrected chi connectivity index (χ1v) is 13.0. The lowest BCUT2D eigenvalue weighted by molar-refractivity contribution is -0.122. The Morgan fingerprint density at radius 2 is 1.67 bits per heavy atom. The Hall–Kier alpha value is -3.99. The quantitative estimate of drug-likeness (QED) is 0.229. The molecule has 0 aliphatic heterocycles. The summed E-state index contributed by atoms with van der Waals surface area (Å²) in [5.41, 5.74) is 2.96. The number of hydrogen-bond donors (Lipinski definition) is 5. The lowest BCUT2D eigenvalue weighted by Gasteiger charge is -2.28. The number of Topliss-reactive ketones (excluding diaryl/α,β-unsaturated/α-hetero) is 1. The van der Waals surface area contributed by atoms with Gasteiger partial charge < -0.3 is 30.3 Å². The number of aliphatic hydroxyl groups is 2. The van der Waals surface area contributed by atoms with Crippen LogP contribution >= 0.6 is 0 Å². The Labute approximate surface area is 228 Å². The zero-order chi connectivity index (χ0) is 27.9. The van der Waals surface area contributed by atoms with Crippen molar-refractivity contribution in [2.75, 3.05) is 7.11 Å². The van der Waals surface area contributed by atoms with Crippen molar-refractivity contribution in [1.82, 2.24) is 0 Å². The molecule has 204 valence electrons. The van der Waals surface area contributed by atoms with Crippen molar-refractivity contribution in [3.8, 4) is 34.8 Å². The maximum absolute atomic E-state index is 13.4. The van der Waals surface area contributed by atoms with Gasteiger partial charge in [-0.2, -0.15) is 0 Å². The van der Waals surface area contributed by atoms with E-state index in [0.717, 1.165) is 11.1 Å². The molecule has 0 spiro atoms. The van der Waals surface area contributed by atoms with E-state index in [-0.39, 0.29) is 60.1 Å². The van der Waals surface area contributed by atoms with Crippen LogP contribution in [0.15, 0.2) is 60.7 Å². The minimum absolute atomic E-state index is 0.0609. The van der Waals surface area contributed by atoms with Gasteiger partial charge in [-0.1, -0.05) is 42.3 Å². The Kier molecular flexibility index (Phi) is 9.13. The maximum Gasteiger partial charge on any atom is 0.160 e. The van der Waals surface area contributed by atoms with Gasteiger partial charge >= 0.3 is 0 Å². The van der Waals surface area contributed by atoms with Gasteiger partial charge in [0.25, 0.3) is 0 Å². The first kappa shape index (κ1) is 28.0. The van der Waals surface area contributed by atoms with Crippen LogP contribution in [-0.4, -0.2) is 44.5 Å². The van der Waals surface area contributed by atoms with E-state index in [1.54, 1.807) is 12.1 Å². The third kappa shape index (κ3) is 6.91. The van der Waals surface area contributed by atoms with Crippen molar-refractivity contribution < 1.29 is 35.1 Å². The van der Waals surface area contributed by atoms with Gasteiger partial charge in [0, 0.05) is 37.0 Å². The van der Waals surface area contributed by atoms with Crippen molar-refractivity contribution in [3.63, 3.8) is 0 Å². The van der Waals surface area contributed by atoms with Gasteiger partial charge in [-0.3, -0.25) is 4.79 Å². The lowest BCUT2D eigenvalue weighted by atomic mass is 9.76. The second kappa shape index (κ2) is 12.7. The third-order valence-corrected chi connectivity index (χ3v) is 7.41. The van der Waals surface area contributed by atoms with Crippen LogP contribution in [0.2, 0.25) is 0 Å². The van der Waals surface area contributed by atoms with E-state index in [2.05, 4.69) is 11.8 Å². The second-order valence-corrected chi connectivity index (χ2v) is 10.1. The van der Waals surface area contributed by atoms with Crippen LogP contribution in [0.4, 0.5) is 0 Å². The van der Waals surface area contributed by atoms with Gasteiger partial charge in [-0.15, -0.1) is 5.92 Å². The van der Waals surface area contributed by atoms with Crippen LogP contribution in [0.5, 0.6) is 23.0 Å². The molecule has 0 aromatic heterocycles. The Morgan fingerprint density at radius 1 is 0.897 bits per heavy atom. The molecule has 3 aromatic carbocycles. The minimum Gasteiger partial charge on any atom is -0.504 e. The van der Waals surface area contributed by atoms with Gasteiger partial charge in [0.05, 0.1) is 19.8 Å². The molecule has 1 aliphatic rings. The lowest BCUT2D eigenvalue weighted by Crippen LogP contribution is -2.28. The molecule has 1 aliphatic carbocycles. The highest BCUT2D eigenvalue weighted by atomic mass is 16.5. The predicted octanol–water partition coefficient (Wildman–Crippen LogP) is 4.22. The highest BCUT2D eigenvalue weighted by Gasteiger charge is 2.31. The normalized spacial score (nSPS) is 21.6. The molecule has 0 saturated heterocycles. The molecule has 4 unspecified atom stereocenters. The van der Waals surface area contributed by atoms with Gasteiger partial charge in [0.2, 0.25) is 0 Å². The number of phenolic OH excluding ortho intramolecular Hbond substituents is 3. The molecule has 7 nitrogen and oxygen atoms in total. The fourth-order valence-electron chi connectivity index (χ4n) is 5.30. The molecule has 0 fully saturated rings. The number of carbonyl (C=O) groups excluding carboxylic acids is 1. The molecule has 5 N–H and O–H groups in total. The van der Waals surface area contributed by atoms with E-state index >= 15 is 0 Å². The molecule has 7 heteroatoms. The van der Waals surface area contributed by atoms with E-state index in [1.165, 1.54) is 25.3 Å². The number of ether oxygens (including phenoxy) is 1. The highest BCUT2D eigenvalue weighted by molar-refractivity contribution is 5.80. The van der Waals surface area contributed by atoms with Crippen molar-refractivity contribution in [3.05, 3.63) is 82.9 Å². The van der Waals surface area contributed by atoms with E-state index in [0.29, 0.717) is 30.4 Å². The number of benzene rings is 3. The second-order valence-electron chi connectivity index (χ2n) is 10.1. The van der Waals surface area contributed by atoms with Crippen LogP contribution in [0, 0.1) is 23.7 Å². The summed E-state index contributed by atoms with van der Waals surface area (Å²) in [5.74, 6) is 5.17. The van der Waals surface area contributed by atoms with E-state index in [1.807, 2.05) is 30.3 Å². The number of aromatic hydroxyl groups is 3. The zero-order valence-corrected chi connectivity index (χ0v) is 21.9. The average Bonchev–Trinajstić information content (AvgIpc) is 2.92. The molecule has 39 heavy (non-hydrogen) atoms. The molecule has 0 heterocycles. The summed E-state index contributed by atoms with van der Waals surface area (Å²) >= 11 is 0. The van der Waals surface area contributed by atoms with Crippen molar-refractivity contribution in [2.24, 2.45) is 11.8 Å². The fourth-order valence-corrected chi connectivity index (χ4v) is 5.30. The number of ketones is 1. The molecular formula is C32H34O7. The Balaban J connectivity index is 1.74. The number of phenols is 3. The molecule has 4 rings (SSSR count). The van der Waals surface area contributed by atoms with Gasteiger partial charge in [0.15, 0.2) is 23.0 Å². The van der Waals surface area contributed by atoms with Crippen LogP contribution in [-0.2, 0) is 24.2 Å². The summed E-state index contributed by atoms with van der Waals surface area (Å²) in [4.78, 5) is 13.4. The molecule has 0 saturated carbocycles. The molecule has 0 bridgehead atoms. The largest absolute Gasteiger partial charge is 0.504 e. The third-order valence-electron chi connectivity index (χ3n) is 7.41. The number of hydrogen-bond acceptors (Lipinski definition) is 7. The van der Waals surface area contributed by atoms with E-state index in [4.69, 9.17) is 4.74 Å². The summed E-state index contributed by atoms with van der Waals surface area (Å²) in [6.07, 6.45) is 0.374. The standard InChI is InChI=1S/C32H34O7/c1-39-32-18-27(24(19-33)15-31(32)38)26-16-25(34)17-29(36)23(13-21-10-11-28(35)30(37)14-21)9-5-8-22(26)12-20-6-3-2-4-7-20/h2-4,6-7,10-11,14-15,18,22-23,26,29,33,35-38H,9,12-13,16-17,19H2,1H3. The zero-order valence-electron chi connectivity index (χ0n) is 21.9.